The number of amides is 2. The number of nitrogens with two attached hydrogens (primary N) is 1. The van der Waals surface area contributed by atoms with Crippen LogP contribution in [0.25, 0.3) is 0 Å². The first-order chi connectivity index (χ1) is 8.88. The standard InChI is InChI=1S/C13H26N4O2/c1-9(2)15-13(19)10(3)16-12(18)8-17-6-4-11(14)5-7-17/h9-11H,4-8,14H2,1-3H3,(H,15,19)(H,16,18). The van der Waals surface area contributed by atoms with Crippen LogP contribution in [-0.4, -0.2) is 54.5 Å². The molecule has 1 rings (SSSR count). The number of hydrogen-bond acceptors (Lipinski definition) is 4. The van der Waals surface area contributed by atoms with Crippen LogP contribution in [0.1, 0.15) is 33.6 Å². The monoisotopic (exact) mass is 270 g/mol. The summed E-state index contributed by atoms with van der Waals surface area (Å²) in [5.74, 6) is -0.258. The van der Waals surface area contributed by atoms with E-state index in [0.29, 0.717) is 6.54 Å². The fourth-order valence-electron chi connectivity index (χ4n) is 2.08. The molecule has 0 aromatic heterocycles. The van der Waals surface area contributed by atoms with Crippen molar-refractivity contribution >= 4 is 11.8 Å². The smallest absolute Gasteiger partial charge is 0.242 e. The Bertz CT molecular complexity index is 312. The first kappa shape index (κ1) is 15.9. The predicted octanol–water partition coefficient (Wildman–Crippen LogP) is -0.561. The summed E-state index contributed by atoms with van der Waals surface area (Å²) in [5, 5.41) is 5.49. The maximum Gasteiger partial charge on any atom is 0.242 e. The van der Waals surface area contributed by atoms with Crippen LogP contribution in [0.2, 0.25) is 0 Å². The fourth-order valence-corrected chi connectivity index (χ4v) is 2.08. The van der Waals surface area contributed by atoms with Gasteiger partial charge in [-0.05, 0) is 33.6 Å². The Hall–Kier alpha value is -1.14. The molecule has 1 unspecified atom stereocenters. The van der Waals surface area contributed by atoms with Gasteiger partial charge in [-0.15, -0.1) is 0 Å². The van der Waals surface area contributed by atoms with E-state index in [-0.39, 0.29) is 23.9 Å². The quantitative estimate of drug-likeness (QED) is 0.625. The third-order valence-corrected chi connectivity index (χ3v) is 3.20. The summed E-state index contributed by atoms with van der Waals surface area (Å²) in [5.41, 5.74) is 5.81. The lowest BCUT2D eigenvalue weighted by atomic mass is 10.1. The molecule has 1 heterocycles. The van der Waals surface area contributed by atoms with Crippen molar-refractivity contribution in [1.29, 1.82) is 0 Å². The Morgan fingerprint density at radius 3 is 2.32 bits per heavy atom. The average molecular weight is 270 g/mol. The van der Waals surface area contributed by atoms with Crippen LogP contribution in [0.5, 0.6) is 0 Å². The van der Waals surface area contributed by atoms with E-state index in [1.54, 1.807) is 6.92 Å². The van der Waals surface area contributed by atoms with Crippen LogP contribution >= 0.6 is 0 Å². The molecule has 110 valence electrons. The van der Waals surface area contributed by atoms with Crippen LogP contribution in [0, 0.1) is 0 Å². The lowest BCUT2D eigenvalue weighted by molar-refractivity contribution is -0.129. The number of nitrogens with one attached hydrogen (secondary N) is 2. The van der Waals surface area contributed by atoms with E-state index in [2.05, 4.69) is 15.5 Å². The lowest BCUT2D eigenvalue weighted by Gasteiger charge is -2.29. The van der Waals surface area contributed by atoms with Gasteiger partial charge in [0.05, 0.1) is 6.54 Å². The van der Waals surface area contributed by atoms with Crippen molar-refractivity contribution in [1.82, 2.24) is 15.5 Å². The van der Waals surface area contributed by atoms with Crippen LogP contribution < -0.4 is 16.4 Å². The van der Waals surface area contributed by atoms with Gasteiger partial charge in [-0.3, -0.25) is 14.5 Å². The summed E-state index contributed by atoms with van der Waals surface area (Å²) in [6.07, 6.45) is 1.85. The molecule has 0 aromatic rings. The molecule has 4 N–H and O–H groups in total. The first-order valence-electron chi connectivity index (χ1n) is 6.96. The highest BCUT2D eigenvalue weighted by Crippen LogP contribution is 2.07. The van der Waals surface area contributed by atoms with E-state index < -0.39 is 6.04 Å². The first-order valence-corrected chi connectivity index (χ1v) is 6.96. The number of piperidine rings is 1. The van der Waals surface area contributed by atoms with Gasteiger partial charge < -0.3 is 16.4 Å². The van der Waals surface area contributed by atoms with Gasteiger partial charge in [-0.2, -0.15) is 0 Å². The molecule has 0 saturated carbocycles. The second kappa shape index (κ2) is 7.45. The van der Waals surface area contributed by atoms with Crippen LogP contribution in [-0.2, 0) is 9.59 Å². The Labute approximate surface area is 115 Å². The predicted molar refractivity (Wildman–Crippen MR) is 74.5 cm³/mol. The van der Waals surface area contributed by atoms with Gasteiger partial charge in [0.2, 0.25) is 11.8 Å². The van der Waals surface area contributed by atoms with Crippen molar-refractivity contribution < 1.29 is 9.59 Å². The normalized spacial score (nSPS) is 19.2. The molecule has 0 radical (unpaired) electrons. The molecule has 1 fully saturated rings. The zero-order valence-corrected chi connectivity index (χ0v) is 12.1. The molecule has 6 heteroatoms. The third-order valence-electron chi connectivity index (χ3n) is 3.20. The largest absolute Gasteiger partial charge is 0.352 e. The van der Waals surface area contributed by atoms with Gasteiger partial charge in [0, 0.05) is 25.2 Å². The molecule has 0 aromatic carbocycles. The van der Waals surface area contributed by atoms with Crippen LogP contribution in [0.15, 0.2) is 0 Å². The Balaban J connectivity index is 2.28. The highest BCUT2D eigenvalue weighted by Gasteiger charge is 2.20. The molecule has 1 aliphatic heterocycles. The molecular weight excluding hydrogens is 244 g/mol. The molecule has 0 spiro atoms. The third kappa shape index (κ3) is 6.02. The number of carbonyl (C=O) groups is 2. The van der Waals surface area contributed by atoms with Crippen molar-refractivity contribution in [3.63, 3.8) is 0 Å². The van der Waals surface area contributed by atoms with Gasteiger partial charge in [0.15, 0.2) is 0 Å². The number of hydrogen-bond donors (Lipinski definition) is 3. The maximum atomic E-state index is 11.8. The molecule has 1 saturated heterocycles. The summed E-state index contributed by atoms with van der Waals surface area (Å²) in [6, 6.07) is -0.160. The second-order valence-corrected chi connectivity index (χ2v) is 5.57. The average Bonchev–Trinajstić information content (AvgIpc) is 2.31. The van der Waals surface area contributed by atoms with Gasteiger partial charge in [-0.25, -0.2) is 0 Å². The molecule has 6 nitrogen and oxygen atoms in total. The number of likely N-dealkylation sites (tertiary alicyclic amines) is 1. The molecule has 0 aliphatic carbocycles. The summed E-state index contributed by atoms with van der Waals surface area (Å²) < 4.78 is 0. The van der Waals surface area contributed by atoms with Crippen LogP contribution in [0.4, 0.5) is 0 Å². The van der Waals surface area contributed by atoms with E-state index >= 15 is 0 Å². The van der Waals surface area contributed by atoms with Gasteiger partial charge in [0.1, 0.15) is 6.04 Å². The summed E-state index contributed by atoms with van der Waals surface area (Å²) in [6.45, 7) is 7.52. The van der Waals surface area contributed by atoms with Crippen molar-refractivity contribution in [2.75, 3.05) is 19.6 Å². The highest BCUT2D eigenvalue weighted by atomic mass is 16.2. The van der Waals surface area contributed by atoms with E-state index in [9.17, 15) is 9.59 Å². The Kier molecular flexibility index (Phi) is 6.24. The minimum absolute atomic E-state index is 0.0791. The number of nitrogens with zero attached hydrogens (tertiary/aromatic N) is 1. The fraction of sp³-hybridized carbons (Fsp3) is 0.846. The molecular formula is C13H26N4O2. The molecule has 1 aliphatic rings. The second-order valence-electron chi connectivity index (χ2n) is 5.57. The van der Waals surface area contributed by atoms with Gasteiger partial charge >= 0.3 is 0 Å². The van der Waals surface area contributed by atoms with Crippen molar-refractivity contribution in [2.45, 2.75) is 51.7 Å². The molecule has 1 atom stereocenters. The topological polar surface area (TPSA) is 87.5 Å². The SMILES string of the molecule is CC(C)NC(=O)C(C)NC(=O)CN1CCC(N)CC1. The molecule has 2 amide bonds. The summed E-state index contributed by atoms with van der Waals surface area (Å²) in [4.78, 5) is 25.6. The maximum absolute atomic E-state index is 11.8. The van der Waals surface area contributed by atoms with E-state index in [0.717, 1.165) is 25.9 Å². The van der Waals surface area contributed by atoms with E-state index in [4.69, 9.17) is 5.73 Å². The molecule has 0 bridgehead atoms. The number of carbonyl (C=O) groups excluding carboxylic acids is 2. The minimum atomic E-state index is -0.498. The zero-order valence-electron chi connectivity index (χ0n) is 12.1. The summed E-state index contributed by atoms with van der Waals surface area (Å²) >= 11 is 0. The van der Waals surface area contributed by atoms with Crippen molar-refractivity contribution in [2.24, 2.45) is 5.73 Å². The van der Waals surface area contributed by atoms with E-state index in [1.807, 2.05) is 13.8 Å². The van der Waals surface area contributed by atoms with Crippen molar-refractivity contribution in [3.8, 4) is 0 Å². The van der Waals surface area contributed by atoms with Crippen LogP contribution in [0.3, 0.4) is 0 Å². The summed E-state index contributed by atoms with van der Waals surface area (Å²) in [7, 11) is 0. The van der Waals surface area contributed by atoms with Gasteiger partial charge in [0.25, 0.3) is 0 Å². The Morgan fingerprint density at radius 2 is 1.79 bits per heavy atom. The molecule has 19 heavy (non-hydrogen) atoms. The Morgan fingerprint density at radius 1 is 1.21 bits per heavy atom. The highest BCUT2D eigenvalue weighted by molar-refractivity contribution is 5.88. The minimum Gasteiger partial charge on any atom is -0.352 e. The van der Waals surface area contributed by atoms with Crippen molar-refractivity contribution in [3.05, 3.63) is 0 Å². The van der Waals surface area contributed by atoms with Gasteiger partial charge in [-0.1, -0.05) is 0 Å². The number of rotatable bonds is 5. The lowest BCUT2D eigenvalue weighted by Crippen LogP contribution is -2.50. The van der Waals surface area contributed by atoms with E-state index in [1.165, 1.54) is 0 Å². The zero-order chi connectivity index (χ0) is 14.4.